The zero-order valence-corrected chi connectivity index (χ0v) is 9.31. The van der Waals surface area contributed by atoms with Crippen molar-refractivity contribution in [3.8, 4) is 0 Å². The third-order valence-electron chi connectivity index (χ3n) is 3.05. The standard InChI is InChI=1S/C11H22N2O/c1-3-4-10(14)13-11(2)7-5-9(12)6-8-11/h9H,3-8,12H2,1-2H3,(H,13,14). The molecule has 14 heavy (non-hydrogen) atoms. The van der Waals surface area contributed by atoms with Crippen LogP contribution in [0.2, 0.25) is 0 Å². The van der Waals surface area contributed by atoms with E-state index < -0.39 is 0 Å². The molecule has 0 radical (unpaired) electrons. The Kier molecular flexibility index (Phi) is 3.93. The molecule has 1 rings (SSSR count). The van der Waals surface area contributed by atoms with Crippen LogP contribution in [0.4, 0.5) is 0 Å². The van der Waals surface area contributed by atoms with E-state index in [0.717, 1.165) is 32.1 Å². The second-order valence-electron chi connectivity index (χ2n) is 4.70. The van der Waals surface area contributed by atoms with Crippen molar-refractivity contribution in [2.24, 2.45) is 5.73 Å². The lowest BCUT2D eigenvalue weighted by Gasteiger charge is -2.37. The fourth-order valence-corrected chi connectivity index (χ4v) is 2.03. The monoisotopic (exact) mass is 198 g/mol. The van der Waals surface area contributed by atoms with Gasteiger partial charge >= 0.3 is 0 Å². The van der Waals surface area contributed by atoms with Crippen LogP contribution in [0.5, 0.6) is 0 Å². The Morgan fingerprint density at radius 1 is 1.50 bits per heavy atom. The van der Waals surface area contributed by atoms with Gasteiger partial charge in [-0.1, -0.05) is 6.92 Å². The van der Waals surface area contributed by atoms with Crippen molar-refractivity contribution in [1.82, 2.24) is 5.32 Å². The highest BCUT2D eigenvalue weighted by molar-refractivity contribution is 5.76. The Hall–Kier alpha value is -0.570. The summed E-state index contributed by atoms with van der Waals surface area (Å²) in [6.07, 6.45) is 5.65. The molecule has 1 saturated carbocycles. The van der Waals surface area contributed by atoms with Gasteiger partial charge in [-0.15, -0.1) is 0 Å². The first-order chi connectivity index (χ1) is 6.56. The van der Waals surface area contributed by atoms with E-state index in [2.05, 4.69) is 12.2 Å². The molecule has 0 aromatic rings. The first-order valence-corrected chi connectivity index (χ1v) is 5.62. The van der Waals surface area contributed by atoms with Crippen molar-refractivity contribution in [1.29, 1.82) is 0 Å². The number of carbonyl (C=O) groups excluding carboxylic acids is 1. The summed E-state index contributed by atoms with van der Waals surface area (Å²) < 4.78 is 0. The van der Waals surface area contributed by atoms with Crippen LogP contribution in [0.3, 0.4) is 0 Å². The SMILES string of the molecule is CCCC(=O)NC1(C)CCC(N)CC1. The molecule has 0 aromatic heterocycles. The molecule has 3 heteroatoms. The van der Waals surface area contributed by atoms with E-state index in [9.17, 15) is 4.79 Å². The zero-order valence-electron chi connectivity index (χ0n) is 9.31. The lowest BCUT2D eigenvalue weighted by atomic mass is 9.81. The summed E-state index contributed by atoms with van der Waals surface area (Å²) in [5.41, 5.74) is 5.83. The summed E-state index contributed by atoms with van der Waals surface area (Å²) in [6, 6.07) is 0.339. The average Bonchev–Trinajstić information content (AvgIpc) is 2.11. The minimum Gasteiger partial charge on any atom is -0.351 e. The van der Waals surface area contributed by atoms with E-state index in [1.165, 1.54) is 0 Å². The van der Waals surface area contributed by atoms with Crippen LogP contribution < -0.4 is 11.1 Å². The molecule has 3 nitrogen and oxygen atoms in total. The molecule has 1 aliphatic carbocycles. The van der Waals surface area contributed by atoms with E-state index in [0.29, 0.717) is 12.5 Å². The van der Waals surface area contributed by atoms with Gasteiger partial charge in [0.2, 0.25) is 5.91 Å². The minimum atomic E-state index is 0.00211. The summed E-state index contributed by atoms with van der Waals surface area (Å²) in [6.45, 7) is 4.16. The quantitative estimate of drug-likeness (QED) is 0.723. The Bertz CT molecular complexity index is 195. The third-order valence-corrected chi connectivity index (χ3v) is 3.05. The van der Waals surface area contributed by atoms with Gasteiger partial charge in [0.25, 0.3) is 0 Å². The smallest absolute Gasteiger partial charge is 0.220 e. The first-order valence-electron chi connectivity index (χ1n) is 5.62. The predicted octanol–water partition coefficient (Wildman–Crippen LogP) is 1.56. The molecule has 3 N–H and O–H groups in total. The van der Waals surface area contributed by atoms with Gasteiger partial charge in [-0.25, -0.2) is 0 Å². The van der Waals surface area contributed by atoms with Gasteiger partial charge in [0.1, 0.15) is 0 Å². The van der Waals surface area contributed by atoms with Crippen LogP contribution >= 0.6 is 0 Å². The molecule has 0 spiro atoms. The van der Waals surface area contributed by atoms with Crippen LogP contribution in [0.1, 0.15) is 52.4 Å². The van der Waals surface area contributed by atoms with Crippen molar-refractivity contribution >= 4 is 5.91 Å². The van der Waals surface area contributed by atoms with Crippen molar-refractivity contribution < 1.29 is 4.79 Å². The van der Waals surface area contributed by atoms with Crippen LogP contribution in [0.25, 0.3) is 0 Å². The van der Waals surface area contributed by atoms with E-state index in [4.69, 9.17) is 5.73 Å². The van der Waals surface area contributed by atoms with Gasteiger partial charge in [-0.05, 0) is 39.0 Å². The fraction of sp³-hybridized carbons (Fsp3) is 0.909. The van der Waals surface area contributed by atoms with Crippen molar-refractivity contribution in [2.45, 2.75) is 64.0 Å². The van der Waals surface area contributed by atoms with Crippen LogP contribution in [0, 0.1) is 0 Å². The molecule has 1 fully saturated rings. The summed E-state index contributed by atoms with van der Waals surface area (Å²) in [5.74, 6) is 0.186. The maximum absolute atomic E-state index is 11.5. The molecular weight excluding hydrogens is 176 g/mol. The van der Waals surface area contributed by atoms with E-state index >= 15 is 0 Å². The summed E-state index contributed by atoms with van der Waals surface area (Å²) in [5, 5.41) is 3.12. The lowest BCUT2D eigenvalue weighted by molar-refractivity contribution is -0.123. The molecule has 0 bridgehead atoms. The maximum Gasteiger partial charge on any atom is 0.220 e. The Morgan fingerprint density at radius 2 is 2.07 bits per heavy atom. The highest BCUT2D eigenvalue weighted by atomic mass is 16.1. The number of hydrogen-bond acceptors (Lipinski definition) is 2. The van der Waals surface area contributed by atoms with Gasteiger partial charge in [-0.2, -0.15) is 0 Å². The third kappa shape index (κ3) is 3.29. The van der Waals surface area contributed by atoms with Gasteiger partial charge in [0.15, 0.2) is 0 Å². The van der Waals surface area contributed by atoms with E-state index in [-0.39, 0.29) is 11.4 Å². The molecule has 0 unspecified atom stereocenters. The highest BCUT2D eigenvalue weighted by Gasteiger charge is 2.30. The highest BCUT2D eigenvalue weighted by Crippen LogP contribution is 2.27. The van der Waals surface area contributed by atoms with Gasteiger partial charge in [-0.3, -0.25) is 4.79 Å². The fourth-order valence-electron chi connectivity index (χ4n) is 2.03. The number of nitrogens with one attached hydrogen (secondary N) is 1. The summed E-state index contributed by atoms with van der Waals surface area (Å²) in [4.78, 5) is 11.5. The van der Waals surface area contributed by atoms with Crippen molar-refractivity contribution in [3.05, 3.63) is 0 Å². The Morgan fingerprint density at radius 3 is 2.57 bits per heavy atom. The second kappa shape index (κ2) is 4.78. The van der Waals surface area contributed by atoms with E-state index in [1.54, 1.807) is 0 Å². The lowest BCUT2D eigenvalue weighted by Crippen LogP contribution is -2.50. The molecular formula is C11H22N2O. The maximum atomic E-state index is 11.5. The topological polar surface area (TPSA) is 55.1 Å². The minimum absolute atomic E-state index is 0.00211. The Labute approximate surface area is 86.4 Å². The molecule has 0 heterocycles. The first kappa shape index (κ1) is 11.5. The predicted molar refractivity (Wildman–Crippen MR) is 57.9 cm³/mol. The van der Waals surface area contributed by atoms with Crippen molar-refractivity contribution in [2.75, 3.05) is 0 Å². The summed E-state index contributed by atoms with van der Waals surface area (Å²) >= 11 is 0. The Balaban J connectivity index is 2.38. The van der Waals surface area contributed by atoms with Crippen LogP contribution in [0.15, 0.2) is 0 Å². The van der Waals surface area contributed by atoms with Gasteiger partial charge < -0.3 is 11.1 Å². The number of rotatable bonds is 3. The molecule has 0 atom stereocenters. The second-order valence-corrected chi connectivity index (χ2v) is 4.70. The van der Waals surface area contributed by atoms with Crippen molar-refractivity contribution in [3.63, 3.8) is 0 Å². The van der Waals surface area contributed by atoms with E-state index in [1.807, 2.05) is 6.92 Å². The van der Waals surface area contributed by atoms with Crippen LogP contribution in [-0.2, 0) is 4.79 Å². The molecule has 0 aliphatic heterocycles. The number of carbonyl (C=O) groups is 1. The molecule has 1 amide bonds. The molecule has 82 valence electrons. The summed E-state index contributed by atoms with van der Waals surface area (Å²) in [7, 11) is 0. The largest absolute Gasteiger partial charge is 0.351 e. The van der Waals surface area contributed by atoms with Gasteiger partial charge in [0.05, 0.1) is 0 Å². The molecule has 0 saturated heterocycles. The van der Waals surface area contributed by atoms with Crippen LogP contribution in [-0.4, -0.2) is 17.5 Å². The number of amides is 1. The average molecular weight is 198 g/mol. The number of nitrogens with two attached hydrogens (primary N) is 1. The number of hydrogen-bond donors (Lipinski definition) is 2. The molecule has 1 aliphatic rings. The zero-order chi connectivity index (χ0) is 10.6. The normalized spacial score (nSPS) is 32.6. The molecule has 0 aromatic carbocycles. The van der Waals surface area contributed by atoms with Gasteiger partial charge in [0, 0.05) is 18.0 Å².